The number of amides is 2. The molecule has 3 rings (SSSR count). The molecule has 8 nitrogen and oxygen atoms in total. The van der Waals surface area contributed by atoms with Crippen molar-refractivity contribution in [3.8, 4) is 11.6 Å². The Labute approximate surface area is 203 Å². The third-order valence-corrected chi connectivity index (χ3v) is 5.66. The first-order valence-corrected chi connectivity index (χ1v) is 11.8. The number of ether oxygens (including phenoxy) is 3. The van der Waals surface area contributed by atoms with Gasteiger partial charge in [-0.15, -0.1) is 0 Å². The number of nitrogens with zero attached hydrogens (tertiary/aromatic N) is 2. The first-order valence-electron chi connectivity index (χ1n) is 11.0. The Morgan fingerprint density at radius 2 is 1.79 bits per heavy atom. The highest BCUT2D eigenvalue weighted by Crippen LogP contribution is 2.31. The fourth-order valence-electron chi connectivity index (χ4n) is 3.31. The van der Waals surface area contributed by atoms with Crippen LogP contribution in [0.15, 0.2) is 34.9 Å². The molecule has 9 heteroatoms. The number of aromatic nitrogens is 1. The van der Waals surface area contributed by atoms with Crippen LogP contribution >= 0.6 is 15.9 Å². The first kappa shape index (κ1) is 26.4. The van der Waals surface area contributed by atoms with Gasteiger partial charge >= 0.3 is 6.09 Å². The molecule has 180 valence electrons. The van der Waals surface area contributed by atoms with Crippen molar-refractivity contribution >= 4 is 27.9 Å². The van der Waals surface area contributed by atoms with E-state index in [1.165, 1.54) is 14.2 Å². The predicted molar refractivity (Wildman–Crippen MR) is 130 cm³/mol. The van der Waals surface area contributed by atoms with Crippen molar-refractivity contribution in [3.05, 3.63) is 51.6 Å². The molecular formula is C24H32BrN3O5. The second kappa shape index (κ2) is 13.0. The van der Waals surface area contributed by atoms with Gasteiger partial charge in [0.05, 0.1) is 14.2 Å². The topological polar surface area (TPSA) is 90.0 Å². The monoisotopic (exact) mass is 521 g/mol. The Bertz CT molecular complexity index is 928. The minimum absolute atomic E-state index is 0.101. The maximum absolute atomic E-state index is 12.8. The van der Waals surface area contributed by atoms with Crippen LogP contribution < -0.4 is 14.8 Å². The molecule has 2 heterocycles. The van der Waals surface area contributed by atoms with Gasteiger partial charge in [-0.05, 0) is 28.4 Å². The Hall–Kier alpha value is -2.81. The molecule has 1 N–H and O–H groups in total. The van der Waals surface area contributed by atoms with Crippen molar-refractivity contribution in [2.24, 2.45) is 0 Å². The summed E-state index contributed by atoms with van der Waals surface area (Å²) in [6.45, 7) is 7.49. The van der Waals surface area contributed by atoms with Crippen LogP contribution in [0.2, 0.25) is 0 Å². The Morgan fingerprint density at radius 3 is 2.36 bits per heavy atom. The smallest absolute Gasteiger partial charge is 0.409 e. The molecule has 0 unspecified atom stereocenters. The zero-order valence-corrected chi connectivity index (χ0v) is 21.4. The van der Waals surface area contributed by atoms with E-state index in [2.05, 4.69) is 26.2 Å². The zero-order chi connectivity index (χ0) is 24.4. The lowest BCUT2D eigenvalue weighted by molar-refractivity contribution is 0.0781. The number of hydrogen-bond acceptors (Lipinski definition) is 6. The molecule has 1 fully saturated rings. The molecule has 0 aliphatic carbocycles. The van der Waals surface area contributed by atoms with E-state index in [0.717, 1.165) is 11.1 Å². The lowest BCUT2D eigenvalue weighted by Gasteiger charge is -2.31. The van der Waals surface area contributed by atoms with Crippen molar-refractivity contribution in [1.29, 1.82) is 0 Å². The van der Waals surface area contributed by atoms with Gasteiger partial charge < -0.3 is 24.4 Å². The number of benzene rings is 1. The molecule has 0 saturated carbocycles. The summed E-state index contributed by atoms with van der Waals surface area (Å²) in [7, 11) is 2.84. The summed E-state index contributed by atoms with van der Waals surface area (Å²) in [4.78, 5) is 30.4. The van der Waals surface area contributed by atoms with Gasteiger partial charge in [-0.2, -0.15) is 0 Å². The van der Waals surface area contributed by atoms with Gasteiger partial charge in [0.2, 0.25) is 5.88 Å². The van der Waals surface area contributed by atoms with Crippen LogP contribution in [0, 0.1) is 6.92 Å². The molecule has 1 aromatic carbocycles. The standard InChI is InChI=1S/C22H26BrN3O5.C2H6/c1-14-4-6-15(7-5-14)13-24-20(27)17-12-18(19(23)25-21(17)29-2)31-16-8-10-26(11-9-16)22(28)30-3;1-2/h4-7,12,16H,8-11,13H2,1-3H3,(H,24,27);1-2H3. The van der Waals surface area contributed by atoms with Crippen molar-refractivity contribution < 1.29 is 23.8 Å². The maximum Gasteiger partial charge on any atom is 0.409 e. The van der Waals surface area contributed by atoms with Crippen LogP contribution in [0.3, 0.4) is 0 Å². The SMILES string of the molecule is CC.COC(=O)N1CCC(Oc2cc(C(=O)NCc3ccc(C)cc3)c(OC)nc2Br)CC1. The zero-order valence-electron chi connectivity index (χ0n) is 19.8. The molecule has 1 aromatic heterocycles. The predicted octanol–water partition coefficient (Wildman–Crippen LogP) is 4.73. The third-order valence-electron chi connectivity index (χ3n) is 5.09. The Morgan fingerprint density at radius 1 is 1.15 bits per heavy atom. The molecule has 2 amide bonds. The minimum atomic E-state index is -0.335. The number of pyridine rings is 1. The lowest BCUT2D eigenvalue weighted by atomic mass is 10.1. The molecule has 0 radical (unpaired) electrons. The van der Waals surface area contributed by atoms with E-state index in [1.54, 1.807) is 11.0 Å². The molecule has 1 saturated heterocycles. The Balaban J connectivity index is 0.00000187. The van der Waals surface area contributed by atoms with Gasteiger partial charge in [0.1, 0.15) is 11.7 Å². The van der Waals surface area contributed by atoms with E-state index < -0.39 is 0 Å². The van der Waals surface area contributed by atoms with E-state index in [-0.39, 0.29) is 24.0 Å². The lowest BCUT2D eigenvalue weighted by Crippen LogP contribution is -2.41. The second-order valence-electron chi connectivity index (χ2n) is 7.28. The molecular weight excluding hydrogens is 490 g/mol. The summed E-state index contributed by atoms with van der Waals surface area (Å²) in [5.41, 5.74) is 2.45. The average Bonchev–Trinajstić information content (AvgIpc) is 2.85. The number of likely N-dealkylation sites (tertiary alicyclic amines) is 1. The summed E-state index contributed by atoms with van der Waals surface area (Å²) in [5.74, 6) is 0.363. The molecule has 33 heavy (non-hydrogen) atoms. The second-order valence-corrected chi connectivity index (χ2v) is 8.03. The number of piperidine rings is 1. The number of hydrogen-bond donors (Lipinski definition) is 1. The number of carbonyl (C=O) groups excluding carboxylic acids is 2. The van der Waals surface area contributed by atoms with Crippen LogP contribution in [-0.4, -0.2) is 55.3 Å². The maximum atomic E-state index is 12.8. The van der Waals surface area contributed by atoms with Crippen LogP contribution in [0.5, 0.6) is 11.6 Å². The molecule has 1 aliphatic heterocycles. The summed E-state index contributed by atoms with van der Waals surface area (Å²) >= 11 is 3.39. The number of halogens is 1. The normalized spacial score (nSPS) is 13.5. The van der Waals surface area contributed by atoms with Crippen molar-refractivity contribution in [3.63, 3.8) is 0 Å². The van der Waals surface area contributed by atoms with E-state index in [9.17, 15) is 9.59 Å². The van der Waals surface area contributed by atoms with Gasteiger partial charge in [0, 0.05) is 38.5 Å². The van der Waals surface area contributed by atoms with E-state index in [1.807, 2.05) is 45.0 Å². The fraction of sp³-hybridized carbons (Fsp3) is 0.458. The summed E-state index contributed by atoms with van der Waals surface area (Å²) in [6, 6.07) is 9.58. The van der Waals surface area contributed by atoms with Crippen molar-refractivity contribution in [1.82, 2.24) is 15.2 Å². The fourth-order valence-corrected chi connectivity index (χ4v) is 3.68. The van der Waals surface area contributed by atoms with Crippen LogP contribution in [0.1, 0.15) is 48.2 Å². The Kier molecular flexibility index (Phi) is 10.4. The molecule has 0 atom stereocenters. The number of carbonyl (C=O) groups is 2. The minimum Gasteiger partial charge on any atom is -0.487 e. The molecule has 1 aliphatic rings. The number of nitrogens with one attached hydrogen (secondary N) is 1. The molecule has 2 aromatic rings. The van der Waals surface area contributed by atoms with Gasteiger partial charge in [-0.25, -0.2) is 9.78 Å². The molecule has 0 spiro atoms. The van der Waals surface area contributed by atoms with E-state index in [4.69, 9.17) is 14.2 Å². The van der Waals surface area contributed by atoms with Gasteiger partial charge in [0.15, 0.2) is 10.4 Å². The highest BCUT2D eigenvalue weighted by Gasteiger charge is 2.26. The van der Waals surface area contributed by atoms with Crippen molar-refractivity contribution in [2.45, 2.75) is 46.3 Å². The van der Waals surface area contributed by atoms with Gasteiger partial charge in [-0.3, -0.25) is 4.79 Å². The summed E-state index contributed by atoms with van der Waals surface area (Å²) in [6.07, 6.45) is 0.875. The highest BCUT2D eigenvalue weighted by atomic mass is 79.9. The van der Waals surface area contributed by atoms with Gasteiger partial charge in [-0.1, -0.05) is 43.7 Å². The quantitative estimate of drug-likeness (QED) is 0.552. The number of rotatable bonds is 6. The molecule has 0 bridgehead atoms. The van der Waals surface area contributed by atoms with Gasteiger partial charge in [0.25, 0.3) is 5.91 Å². The first-order chi connectivity index (χ1) is 15.9. The van der Waals surface area contributed by atoms with Crippen LogP contribution in [0.4, 0.5) is 4.79 Å². The van der Waals surface area contributed by atoms with E-state index >= 15 is 0 Å². The largest absolute Gasteiger partial charge is 0.487 e. The van der Waals surface area contributed by atoms with Crippen LogP contribution in [-0.2, 0) is 11.3 Å². The number of aryl methyl sites for hydroxylation is 1. The van der Waals surface area contributed by atoms with Crippen LogP contribution in [0.25, 0.3) is 0 Å². The summed E-state index contributed by atoms with van der Waals surface area (Å²) < 4.78 is 16.6. The average molecular weight is 522 g/mol. The van der Waals surface area contributed by atoms with E-state index in [0.29, 0.717) is 48.4 Å². The highest BCUT2D eigenvalue weighted by molar-refractivity contribution is 9.10. The third kappa shape index (κ3) is 7.35. The number of methoxy groups -OCH3 is 2. The summed E-state index contributed by atoms with van der Waals surface area (Å²) in [5, 5.41) is 2.90. The van der Waals surface area contributed by atoms with Crippen molar-refractivity contribution in [2.75, 3.05) is 27.3 Å².